The third kappa shape index (κ3) is 4.31. The fourth-order valence-electron chi connectivity index (χ4n) is 2.26. The Balaban J connectivity index is 2.12. The van der Waals surface area contributed by atoms with Crippen LogP contribution in [0.25, 0.3) is 0 Å². The third-order valence-electron chi connectivity index (χ3n) is 3.60. The first-order chi connectivity index (χ1) is 12.0. The number of benzene rings is 2. The molecular formula is C18H16F2N2O3. The van der Waals surface area contributed by atoms with E-state index in [1.165, 1.54) is 38.5 Å². The molecule has 0 radical (unpaired) electrons. The van der Waals surface area contributed by atoms with E-state index in [0.29, 0.717) is 5.75 Å². The van der Waals surface area contributed by atoms with Gasteiger partial charge in [0.05, 0.1) is 18.7 Å². The Morgan fingerprint density at radius 1 is 1.20 bits per heavy atom. The minimum Gasteiger partial charge on any atom is -0.497 e. The van der Waals surface area contributed by atoms with Gasteiger partial charge in [0.2, 0.25) is 0 Å². The average Bonchev–Trinajstić information content (AvgIpc) is 2.62. The van der Waals surface area contributed by atoms with E-state index < -0.39 is 23.6 Å². The van der Waals surface area contributed by atoms with Gasteiger partial charge in [0.1, 0.15) is 17.4 Å². The molecule has 1 amide bonds. The van der Waals surface area contributed by atoms with Gasteiger partial charge in [0.15, 0.2) is 6.10 Å². The second kappa shape index (κ2) is 8.22. The Labute approximate surface area is 143 Å². The zero-order valence-electron chi connectivity index (χ0n) is 13.7. The number of carbonyl (C=O) groups is 1. The number of methoxy groups -OCH3 is 2. The topological polar surface area (TPSA) is 71.3 Å². The molecule has 0 aliphatic rings. The van der Waals surface area contributed by atoms with Crippen molar-refractivity contribution in [1.82, 2.24) is 5.32 Å². The van der Waals surface area contributed by atoms with Crippen LogP contribution in [0.15, 0.2) is 36.4 Å². The Morgan fingerprint density at radius 2 is 1.96 bits per heavy atom. The van der Waals surface area contributed by atoms with E-state index in [0.717, 1.165) is 12.1 Å². The van der Waals surface area contributed by atoms with Gasteiger partial charge in [-0.1, -0.05) is 6.07 Å². The highest BCUT2D eigenvalue weighted by Gasteiger charge is 2.23. The summed E-state index contributed by atoms with van der Waals surface area (Å²) in [5.41, 5.74) is 0.432. The summed E-state index contributed by atoms with van der Waals surface area (Å²) in [6, 6.07) is 9.81. The Hall–Kier alpha value is -2.98. The van der Waals surface area contributed by atoms with Crippen LogP contribution >= 0.6 is 0 Å². The lowest BCUT2D eigenvalue weighted by Gasteiger charge is -2.17. The molecule has 0 saturated carbocycles. The van der Waals surface area contributed by atoms with Crippen LogP contribution < -0.4 is 10.1 Å². The SMILES string of the molecule is COc1ccc(C(OC)C(=O)NCc2ccc(C#N)cc2F)c(F)c1. The van der Waals surface area contributed by atoms with Crippen LogP contribution in [-0.4, -0.2) is 20.1 Å². The second-order valence-corrected chi connectivity index (χ2v) is 5.14. The van der Waals surface area contributed by atoms with Gasteiger partial charge in [0.25, 0.3) is 5.91 Å². The monoisotopic (exact) mass is 346 g/mol. The largest absolute Gasteiger partial charge is 0.497 e. The molecule has 2 rings (SSSR count). The summed E-state index contributed by atoms with van der Waals surface area (Å²) in [7, 11) is 2.68. The molecule has 2 aromatic carbocycles. The number of nitrogens with zero attached hydrogens (tertiary/aromatic N) is 1. The van der Waals surface area contributed by atoms with Crippen LogP contribution in [0, 0.1) is 23.0 Å². The fraction of sp³-hybridized carbons (Fsp3) is 0.222. The molecule has 0 fully saturated rings. The highest BCUT2D eigenvalue weighted by molar-refractivity contribution is 5.82. The van der Waals surface area contributed by atoms with E-state index in [1.54, 1.807) is 0 Å². The summed E-state index contributed by atoms with van der Waals surface area (Å²) in [4.78, 5) is 12.3. The summed E-state index contributed by atoms with van der Waals surface area (Å²) >= 11 is 0. The van der Waals surface area contributed by atoms with E-state index in [9.17, 15) is 13.6 Å². The minimum atomic E-state index is -1.19. The number of hydrogen-bond donors (Lipinski definition) is 1. The van der Waals surface area contributed by atoms with Gasteiger partial charge < -0.3 is 14.8 Å². The van der Waals surface area contributed by atoms with E-state index in [2.05, 4.69) is 5.32 Å². The Kier molecular flexibility index (Phi) is 6.03. The minimum absolute atomic E-state index is 0.0427. The van der Waals surface area contributed by atoms with Gasteiger partial charge in [-0.25, -0.2) is 8.78 Å². The molecule has 0 aromatic heterocycles. The van der Waals surface area contributed by atoms with Crippen molar-refractivity contribution < 1.29 is 23.0 Å². The van der Waals surface area contributed by atoms with Crippen LogP contribution in [0.5, 0.6) is 5.75 Å². The van der Waals surface area contributed by atoms with E-state index in [1.807, 2.05) is 6.07 Å². The van der Waals surface area contributed by atoms with Crippen LogP contribution in [-0.2, 0) is 16.1 Å². The highest BCUT2D eigenvalue weighted by Crippen LogP contribution is 2.24. The molecular weight excluding hydrogens is 330 g/mol. The first kappa shape index (κ1) is 18.4. The van der Waals surface area contributed by atoms with Crippen LogP contribution in [0.4, 0.5) is 8.78 Å². The maximum absolute atomic E-state index is 14.1. The number of amides is 1. The molecule has 1 atom stereocenters. The number of nitrogens with one attached hydrogen (secondary N) is 1. The summed E-state index contributed by atoms with van der Waals surface area (Å²) in [6.45, 7) is -0.117. The van der Waals surface area contributed by atoms with Gasteiger partial charge in [-0.05, 0) is 24.3 Å². The molecule has 1 N–H and O–H groups in total. The molecule has 0 aliphatic carbocycles. The summed E-state index contributed by atoms with van der Waals surface area (Å²) in [5, 5.41) is 11.2. The standard InChI is InChI=1S/C18H16F2N2O3/c1-24-13-5-6-14(16(20)8-13)17(25-2)18(23)22-10-12-4-3-11(9-21)7-15(12)19/h3-8,17H,10H2,1-2H3,(H,22,23). The van der Waals surface area contributed by atoms with Crippen LogP contribution in [0.2, 0.25) is 0 Å². The molecule has 0 spiro atoms. The molecule has 1 unspecified atom stereocenters. The molecule has 130 valence electrons. The summed E-state index contributed by atoms with van der Waals surface area (Å²) in [6.07, 6.45) is -1.19. The molecule has 25 heavy (non-hydrogen) atoms. The highest BCUT2D eigenvalue weighted by atomic mass is 19.1. The summed E-state index contributed by atoms with van der Waals surface area (Å²) < 4.78 is 37.9. The zero-order chi connectivity index (χ0) is 18.4. The number of nitriles is 1. The van der Waals surface area contributed by atoms with Gasteiger partial charge >= 0.3 is 0 Å². The molecule has 5 nitrogen and oxygen atoms in total. The molecule has 0 saturated heterocycles. The third-order valence-corrected chi connectivity index (χ3v) is 3.60. The van der Waals surface area contributed by atoms with Crippen molar-refractivity contribution in [2.75, 3.05) is 14.2 Å². The maximum atomic E-state index is 14.1. The second-order valence-electron chi connectivity index (χ2n) is 5.14. The lowest BCUT2D eigenvalue weighted by Crippen LogP contribution is -2.30. The van der Waals surface area contributed by atoms with Crippen molar-refractivity contribution in [2.24, 2.45) is 0 Å². The number of hydrogen-bond acceptors (Lipinski definition) is 4. The predicted octanol–water partition coefficient (Wildman–Crippen LogP) is 2.85. The molecule has 2 aromatic rings. The normalized spacial score (nSPS) is 11.5. The number of ether oxygens (including phenoxy) is 2. The molecule has 0 aliphatic heterocycles. The average molecular weight is 346 g/mol. The fourth-order valence-corrected chi connectivity index (χ4v) is 2.26. The van der Waals surface area contributed by atoms with Gasteiger partial charge in [-0.3, -0.25) is 4.79 Å². The quantitative estimate of drug-likeness (QED) is 0.873. The van der Waals surface area contributed by atoms with Crippen molar-refractivity contribution in [3.63, 3.8) is 0 Å². The molecule has 0 heterocycles. The molecule has 7 heteroatoms. The van der Waals surface area contributed by atoms with E-state index in [-0.39, 0.29) is 23.2 Å². The molecule has 0 bridgehead atoms. The van der Waals surface area contributed by atoms with Crippen molar-refractivity contribution in [2.45, 2.75) is 12.6 Å². The lowest BCUT2D eigenvalue weighted by atomic mass is 10.1. The van der Waals surface area contributed by atoms with Crippen molar-refractivity contribution >= 4 is 5.91 Å². The lowest BCUT2D eigenvalue weighted by molar-refractivity contribution is -0.131. The predicted molar refractivity (Wildman–Crippen MR) is 85.7 cm³/mol. The van der Waals surface area contributed by atoms with E-state index in [4.69, 9.17) is 14.7 Å². The van der Waals surface area contributed by atoms with Crippen LogP contribution in [0.1, 0.15) is 22.8 Å². The van der Waals surface area contributed by atoms with Gasteiger partial charge in [-0.2, -0.15) is 5.26 Å². The van der Waals surface area contributed by atoms with Crippen molar-refractivity contribution in [1.29, 1.82) is 5.26 Å². The van der Waals surface area contributed by atoms with Crippen LogP contribution in [0.3, 0.4) is 0 Å². The number of rotatable bonds is 6. The maximum Gasteiger partial charge on any atom is 0.254 e. The Morgan fingerprint density at radius 3 is 2.52 bits per heavy atom. The van der Waals surface area contributed by atoms with Gasteiger partial charge in [0, 0.05) is 30.8 Å². The van der Waals surface area contributed by atoms with Gasteiger partial charge in [-0.15, -0.1) is 0 Å². The van der Waals surface area contributed by atoms with Crippen molar-refractivity contribution in [3.8, 4) is 11.8 Å². The zero-order valence-corrected chi connectivity index (χ0v) is 13.7. The Bertz CT molecular complexity index is 818. The van der Waals surface area contributed by atoms with Crippen molar-refractivity contribution in [3.05, 3.63) is 64.7 Å². The first-order valence-electron chi connectivity index (χ1n) is 7.32. The number of carbonyl (C=O) groups excluding carboxylic acids is 1. The van der Waals surface area contributed by atoms with E-state index >= 15 is 0 Å². The number of halogens is 2. The summed E-state index contributed by atoms with van der Waals surface area (Å²) in [5.74, 6) is -1.55. The smallest absolute Gasteiger partial charge is 0.254 e. The first-order valence-corrected chi connectivity index (χ1v) is 7.32.